The van der Waals surface area contributed by atoms with Gasteiger partial charge in [-0.05, 0) is 42.0 Å². The van der Waals surface area contributed by atoms with Crippen LogP contribution < -0.4 is 9.83 Å². The van der Waals surface area contributed by atoms with Gasteiger partial charge in [-0.1, -0.05) is 12.1 Å². The van der Waals surface area contributed by atoms with Crippen molar-refractivity contribution in [3.8, 4) is 5.69 Å². The van der Waals surface area contributed by atoms with Crippen molar-refractivity contribution in [3.63, 3.8) is 0 Å². The minimum atomic E-state index is -4.68. The fourth-order valence-corrected chi connectivity index (χ4v) is 3.44. The van der Waals surface area contributed by atoms with Crippen LogP contribution in [0.4, 0.5) is 18.9 Å². The highest BCUT2D eigenvalue weighted by molar-refractivity contribution is 7.92. The lowest BCUT2D eigenvalue weighted by Gasteiger charge is -2.16. The topological polar surface area (TPSA) is 104 Å². The average molecular weight is 410 g/mol. The summed E-state index contributed by atoms with van der Waals surface area (Å²) in [4.78, 5) is 10.4. The molecule has 146 valence electrons. The number of anilines is 1. The first kappa shape index (κ1) is 19.4. The standard InChI is InChI=1S/C17H12F3N3O4S/c18-17(19,20)12-4-7-15(23-9-1-8-21-23)14(10-12)22-28(26,27)13-5-2-11(3-6-13)16(24)25/h1-10,22H,(H,24,25)/p-1. The summed E-state index contributed by atoms with van der Waals surface area (Å²) in [6.07, 6.45) is -1.86. The molecular weight excluding hydrogens is 399 g/mol. The quantitative estimate of drug-likeness (QED) is 0.693. The second-order valence-electron chi connectivity index (χ2n) is 5.60. The Hall–Kier alpha value is -3.34. The summed E-state index contributed by atoms with van der Waals surface area (Å²) in [6.45, 7) is 0. The van der Waals surface area contributed by atoms with E-state index in [1.807, 2.05) is 0 Å². The third kappa shape index (κ3) is 3.98. The smallest absolute Gasteiger partial charge is 0.416 e. The van der Waals surface area contributed by atoms with Crippen molar-refractivity contribution >= 4 is 21.7 Å². The van der Waals surface area contributed by atoms with Crippen LogP contribution in [0, 0.1) is 0 Å². The van der Waals surface area contributed by atoms with Crippen LogP contribution in [0.15, 0.2) is 65.8 Å². The minimum Gasteiger partial charge on any atom is -0.545 e. The highest BCUT2D eigenvalue weighted by atomic mass is 32.2. The van der Waals surface area contributed by atoms with Gasteiger partial charge in [-0.3, -0.25) is 4.72 Å². The van der Waals surface area contributed by atoms with Gasteiger partial charge < -0.3 is 9.90 Å². The van der Waals surface area contributed by atoms with E-state index in [4.69, 9.17) is 0 Å². The van der Waals surface area contributed by atoms with E-state index < -0.39 is 27.7 Å². The van der Waals surface area contributed by atoms with Gasteiger partial charge in [-0.25, -0.2) is 13.1 Å². The molecule has 11 heteroatoms. The first-order valence-electron chi connectivity index (χ1n) is 7.63. The van der Waals surface area contributed by atoms with Crippen molar-refractivity contribution in [2.45, 2.75) is 11.1 Å². The maximum Gasteiger partial charge on any atom is 0.416 e. The number of aromatic carboxylic acids is 1. The molecule has 1 N–H and O–H groups in total. The van der Waals surface area contributed by atoms with Crippen LogP contribution in [0.5, 0.6) is 0 Å². The number of hydrogen-bond donors (Lipinski definition) is 1. The fourth-order valence-electron chi connectivity index (χ4n) is 2.38. The number of alkyl halides is 3. The summed E-state index contributed by atoms with van der Waals surface area (Å²) in [5.41, 5.74) is -1.56. The molecular formula is C17H11F3N3O4S-. The van der Waals surface area contributed by atoms with Crippen LogP contribution in [-0.4, -0.2) is 24.2 Å². The number of carboxylic acids is 1. The number of sulfonamides is 1. The number of carbonyl (C=O) groups is 1. The van der Waals surface area contributed by atoms with Gasteiger partial charge in [-0.2, -0.15) is 18.3 Å². The monoisotopic (exact) mass is 410 g/mol. The molecule has 0 unspecified atom stereocenters. The molecule has 0 saturated carbocycles. The van der Waals surface area contributed by atoms with E-state index in [0.29, 0.717) is 6.07 Å². The molecule has 3 rings (SSSR count). The molecule has 0 radical (unpaired) electrons. The van der Waals surface area contributed by atoms with Gasteiger partial charge in [0, 0.05) is 12.4 Å². The summed E-state index contributed by atoms with van der Waals surface area (Å²) < 4.78 is 67.6. The summed E-state index contributed by atoms with van der Waals surface area (Å²) in [5.74, 6) is -1.49. The lowest BCUT2D eigenvalue weighted by Crippen LogP contribution is -2.22. The molecule has 28 heavy (non-hydrogen) atoms. The van der Waals surface area contributed by atoms with Crippen LogP contribution >= 0.6 is 0 Å². The molecule has 3 aromatic rings. The Kier molecular flexibility index (Phi) is 4.86. The molecule has 0 saturated heterocycles. The van der Waals surface area contributed by atoms with Gasteiger partial charge in [-0.15, -0.1) is 0 Å². The van der Waals surface area contributed by atoms with Crippen molar-refractivity contribution in [1.29, 1.82) is 0 Å². The summed E-state index contributed by atoms with van der Waals surface area (Å²) in [6, 6.07) is 8.13. The van der Waals surface area contributed by atoms with E-state index in [-0.39, 0.29) is 21.8 Å². The van der Waals surface area contributed by atoms with Crippen LogP contribution in [-0.2, 0) is 16.2 Å². The SMILES string of the molecule is O=C([O-])c1ccc(S(=O)(=O)Nc2cc(C(F)(F)F)ccc2-n2cccn2)cc1. The largest absolute Gasteiger partial charge is 0.545 e. The Morgan fingerprint density at radius 2 is 1.79 bits per heavy atom. The third-order valence-corrected chi connectivity index (χ3v) is 5.10. The normalized spacial score (nSPS) is 12.0. The van der Waals surface area contributed by atoms with Gasteiger partial charge in [0.25, 0.3) is 10.0 Å². The molecule has 1 aromatic heterocycles. The molecule has 2 aromatic carbocycles. The predicted octanol–water partition coefficient (Wildman–Crippen LogP) is 2.06. The number of aromatic nitrogens is 2. The number of rotatable bonds is 5. The molecule has 0 aliphatic rings. The van der Waals surface area contributed by atoms with Gasteiger partial charge in [0.05, 0.1) is 27.8 Å². The second kappa shape index (κ2) is 7.00. The van der Waals surface area contributed by atoms with Crippen molar-refractivity contribution in [1.82, 2.24) is 9.78 Å². The number of carboxylic acid groups (broad SMARTS) is 1. The van der Waals surface area contributed by atoms with Gasteiger partial charge in [0.15, 0.2) is 0 Å². The summed E-state index contributed by atoms with van der Waals surface area (Å²) >= 11 is 0. The molecule has 0 atom stereocenters. The zero-order valence-electron chi connectivity index (χ0n) is 13.8. The minimum absolute atomic E-state index is 0.0768. The van der Waals surface area contributed by atoms with Gasteiger partial charge >= 0.3 is 6.18 Å². The number of halogens is 3. The van der Waals surface area contributed by atoms with Crippen LogP contribution in [0.2, 0.25) is 0 Å². The number of carbonyl (C=O) groups excluding carboxylic acids is 1. The average Bonchev–Trinajstić information content (AvgIpc) is 3.15. The number of benzene rings is 2. The van der Waals surface area contributed by atoms with E-state index in [9.17, 15) is 31.5 Å². The summed E-state index contributed by atoms with van der Waals surface area (Å²) in [7, 11) is -4.30. The van der Waals surface area contributed by atoms with E-state index >= 15 is 0 Å². The Morgan fingerprint density at radius 1 is 1.11 bits per heavy atom. The van der Waals surface area contributed by atoms with Gasteiger partial charge in [0.2, 0.25) is 0 Å². The molecule has 7 nitrogen and oxygen atoms in total. The lowest BCUT2D eigenvalue weighted by atomic mass is 10.1. The summed E-state index contributed by atoms with van der Waals surface area (Å²) in [5, 5.41) is 14.7. The molecule has 0 amide bonds. The molecule has 0 aliphatic heterocycles. The van der Waals surface area contributed by atoms with Crippen molar-refractivity contribution in [2.75, 3.05) is 4.72 Å². The highest BCUT2D eigenvalue weighted by Crippen LogP contribution is 2.34. The van der Waals surface area contributed by atoms with Crippen molar-refractivity contribution < 1.29 is 31.5 Å². The van der Waals surface area contributed by atoms with E-state index in [0.717, 1.165) is 36.4 Å². The zero-order valence-corrected chi connectivity index (χ0v) is 14.7. The molecule has 0 fully saturated rings. The van der Waals surface area contributed by atoms with Crippen LogP contribution in [0.1, 0.15) is 15.9 Å². The number of nitrogens with one attached hydrogen (secondary N) is 1. The van der Waals surface area contributed by atoms with Crippen LogP contribution in [0.3, 0.4) is 0 Å². The number of hydrogen-bond acceptors (Lipinski definition) is 5. The third-order valence-electron chi connectivity index (χ3n) is 3.72. The molecule has 0 aliphatic carbocycles. The van der Waals surface area contributed by atoms with E-state index in [1.165, 1.54) is 23.1 Å². The Balaban J connectivity index is 2.05. The zero-order chi connectivity index (χ0) is 20.5. The first-order valence-corrected chi connectivity index (χ1v) is 9.12. The van der Waals surface area contributed by atoms with E-state index in [1.54, 1.807) is 0 Å². The highest BCUT2D eigenvalue weighted by Gasteiger charge is 2.32. The lowest BCUT2D eigenvalue weighted by molar-refractivity contribution is -0.255. The van der Waals surface area contributed by atoms with Crippen molar-refractivity contribution in [2.24, 2.45) is 0 Å². The number of nitrogens with zero attached hydrogens (tertiary/aromatic N) is 2. The second-order valence-corrected chi connectivity index (χ2v) is 7.28. The Morgan fingerprint density at radius 3 is 2.32 bits per heavy atom. The molecule has 1 heterocycles. The predicted molar refractivity (Wildman–Crippen MR) is 90.1 cm³/mol. The van der Waals surface area contributed by atoms with E-state index in [2.05, 4.69) is 9.82 Å². The van der Waals surface area contributed by atoms with Crippen molar-refractivity contribution in [3.05, 3.63) is 72.1 Å². The molecule has 0 spiro atoms. The maximum absolute atomic E-state index is 13.1. The Labute approximate surface area is 157 Å². The fraction of sp³-hybridized carbons (Fsp3) is 0.0588. The molecule has 0 bridgehead atoms. The van der Waals surface area contributed by atoms with Gasteiger partial charge in [0.1, 0.15) is 0 Å². The van der Waals surface area contributed by atoms with Crippen LogP contribution in [0.25, 0.3) is 5.69 Å². The maximum atomic E-state index is 13.1. The Bertz CT molecular complexity index is 1110. The first-order chi connectivity index (χ1) is 13.1.